The van der Waals surface area contributed by atoms with Gasteiger partial charge in [0, 0.05) is 36.6 Å². The molecule has 1 aliphatic heterocycles. The smallest absolute Gasteiger partial charge is 0.251 e. The van der Waals surface area contributed by atoms with E-state index in [4.69, 9.17) is 0 Å². The Morgan fingerprint density at radius 3 is 2.79 bits per heavy atom. The van der Waals surface area contributed by atoms with Gasteiger partial charge in [0.2, 0.25) is 0 Å². The van der Waals surface area contributed by atoms with Gasteiger partial charge in [-0.25, -0.2) is 9.97 Å². The van der Waals surface area contributed by atoms with Crippen LogP contribution in [-0.2, 0) is 0 Å². The fraction of sp³-hybridized carbons (Fsp3) is 0.308. The molecule has 3 rings (SSSR count). The maximum absolute atomic E-state index is 11.4. The molecule has 6 heteroatoms. The number of hydrogen-bond acceptors (Lipinski definition) is 5. The zero-order chi connectivity index (χ0) is 13.4. The van der Waals surface area contributed by atoms with Gasteiger partial charge in [-0.2, -0.15) is 0 Å². The van der Waals surface area contributed by atoms with Crippen LogP contribution in [0, 0.1) is 6.92 Å². The second kappa shape index (κ2) is 4.47. The topological polar surface area (TPSA) is 82.1 Å². The molecule has 0 aliphatic carbocycles. The lowest BCUT2D eigenvalue weighted by atomic mass is 10.1. The number of H-pyrrole nitrogens is 1. The van der Waals surface area contributed by atoms with Gasteiger partial charge < -0.3 is 15.0 Å². The molecule has 2 aromatic rings. The molecule has 3 heterocycles. The highest BCUT2D eigenvalue weighted by molar-refractivity contribution is 5.56. The first-order chi connectivity index (χ1) is 9.11. The van der Waals surface area contributed by atoms with Gasteiger partial charge in [-0.1, -0.05) is 0 Å². The predicted molar refractivity (Wildman–Crippen MR) is 71.0 cm³/mol. The molecule has 1 saturated heterocycles. The van der Waals surface area contributed by atoms with E-state index >= 15 is 0 Å². The lowest BCUT2D eigenvalue weighted by Crippen LogP contribution is -2.51. The van der Waals surface area contributed by atoms with Crippen molar-refractivity contribution in [2.24, 2.45) is 0 Å². The van der Waals surface area contributed by atoms with Crippen LogP contribution in [-0.4, -0.2) is 39.3 Å². The summed E-state index contributed by atoms with van der Waals surface area (Å²) in [6.45, 7) is 3.01. The molecular formula is C13H14N4O2. The molecule has 6 nitrogen and oxygen atoms in total. The average Bonchev–Trinajstić information content (AvgIpc) is 2.34. The number of anilines is 1. The molecule has 19 heavy (non-hydrogen) atoms. The first-order valence-electron chi connectivity index (χ1n) is 6.09. The number of nitrogens with zero attached hydrogens (tertiary/aromatic N) is 3. The van der Waals surface area contributed by atoms with Crippen molar-refractivity contribution in [1.82, 2.24) is 15.0 Å². The first kappa shape index (κ1) is 11.9. The summed E-state index contributed by atoms with van der Waals surface area (Å²) in [5.41, 5.74) is 1.27. The van der Waals surface area contributed by atoms with Crippen LogP contribution in [0.25, 0.3) is 11.4 Å². The van der Waals surface area contributed by atoms with Gasteiger partial charge >= 0.3 is 0 Å². The van der Waals surface area contributed by atoms with Crippen molar-refractivity contribution >= 4 is 5.82 Å². The van der Waals surface area contributed by atoms with Gasteiger partial charge in [0.15, 0.2) is 0 Å². The largest absolute Gasteiger partial charge is 0.389 e. The Labute approximate surface area is 109 Å². The fourth-order valence-electron chi connectivity index (χ4n) is 2.07. The maximum Gasteiger partial charge on any atom is 0.251 e. The summed E-state index contributed by atoms with van der Waals surface area (Å²) >= 11 is 0. The van der Waals surface area contributed by atoms with Gasteiger partial charge in [-0.15, -0.1) is 0 Å². The lowest BCUT2D eigenvalue weighted by molar-refractivity contribution is 0.141. The Hall–Kier alpha value is -2.21. The van der Waals surface area contributed by atoms with E-state index in [1.165, 1.54) is 6.07 Å². The number of aliphatic hydroxyl groups is 1. The monoisotopic (exact) mass is 258 g/mol. The third-order valence-electron chi connectivity index (χ3n) is 3.08. The molecule has 98 valence electrons. The van der Waals surface area contributed by atoms with E-state index < -0.39 is 0 Å². The predicted octanol–water partition coefficient (Wildman–Crippen LogP) is 0.321. The summed E-state index contributed by atoms with van der Waals surface area (Å²) in [7, 11) is 0. The van der Waals surface area contributed by atoms with Gasteiger partial charge in [0.05, 0.1) is 6.10 Å². The molecule has 2 N–H and O–H groups in total. The van der Waals surface area contributed by atoms with Gasteiger partial charge in [0.1, 0.15) is 11.6 Å². The molecule has 0 bridgehead atoms. The Kier molecular flexibility index (Phi) is 2.79. The van der Waals surface area contributed by atoms with Crippen LogP contribution in [0.15, 0.2) is 29.2 Å². The highest BCUT2D eigenvalue weighted by Gasteiger charge is 2.25. The lowest BCUT2D eigenvalue weighted by Gasteiger charge is -2.36. The number of pyridine rings is 1. The summed E-state index contributed by atoms with van der Waals surface area (Å²) < 4.78 is 0. The van der Waals surface area contributed by atoms with Crippen molar-refractivity contribution in [2.45, 2.75) is 13.0 Å². The summed E-state index contributed by atoms with van der Waals surface area (Å²) in [5, 5.41) is 9.25. The van der Waals surface area contributed by atoms with Crippen molar-refractivity contribution in [1.29, 1.82) is 0 Å². The normalized spacial score (nSPS) is 15.4. The third kappa shape index (κ3) is 2.34. The minimum absolute atomic E-state index is 0.169. The molecule has 0 radical (unpaired) electrons. The number of rotatable bonds is 2. The number of hydrogen-bond donors (Lipinski definition) is 2. The zero-order valence-corrected chi connectivity index (χ0v) is 10.5. The van der Waals surface area contributed by atoms with Gasteiger partial charge in [-0.05, 0) is 19.1 Å². The van der Waals surface area contributed by atoms with Crippen molar-refractivity contribution in [3.63, 3.8) is 0 Å². The Morgan fingerprint density at radius 2 is 2.21 bits per heavy atom. The van der Waals surface area contributed by atoms with E-state index in [1.54, 1.807) is 13.1 Å². The molecule has 0 saturated carbocycles. The maximum atomic E-state index is 11.4. The Balaban J connectivity index is 1.87. The minimum Gasteiger partial charge on any atom is -0.389 e. The van der Waals surface area contributed by atoms with Crippen LogP contribution in [0.4, 0.5) is 5.82 Å². The number of aromatic nitrogens is 3. The number of nitrogens with one attached hydrogen (secondary N) is 1. The van der Waals surface area contributed by atoms with E-state index in [2.05, 4.69) is 15.0 Å². The van der Waals surface area contributed by atoms with E-state index in [0.717, 1.165) is 11.4 Å². The van der Waals surface area contributed by atoms with Crippen LogP contribution < -0.4 is 10.5 Å². The van der Waals surface area contributed by atoms with E-state index in [0.29, 0.717) is 24.6 Å². The molecule has 0 spiro atoms. The Morgan fingerprint density at radius 1 is 1.42 bits per heavy atom. The van der Waals surface area contributed by atoms with E-state index in [1.807, 2.05) is 17.0 Å². The van der Waals surface area contributed by atoms with Crippen LogP contribution in [0.1, 0.15) is 5.69 Å². The average molecular weight is 258 g/mol. The number of aromatic amines is 1. The van der Waals surface area contributed by atoms with Crippen LogP contribution in [0.5, 0.6) is 0 Å². The molecule has 0 aromatic carbocycles. The zero-order valence-electron chi connectivity index (χ0n) is 10.5. The standard InChI is InChI=1S/C13H14N4O2/c1-8-4-12(19)16-13(15-8)9-2-3-11(14-5-9)17-6-10(18)7-17/h2-5,10,18H,6-7H2,1H3,(H,15,16,19). The van der Waals surface area contributed by atoms with Crippen LogP contribution in [0.3, 0.4) is 0 Å². The quantitative estimate of drug-likeness (QED) is 0.810. The molecule has 0 amide bonds. The molecule has 1 fully saturated rings. The summed E-state index contributed by atoms with van der Waals surface area (Å²) in [6.07, 6.45) is 1.42. The summed E-state index contributed by atoms with van der Waals surface area (Å²) in [6, 6.07) is 5.18. The highest BCUT2D eigenvalue weighted by atomic mass is 16.3. The molecule has 0 atom stereocenters. The van der Waals surface area contributed by atoms with Crippen LogP contribution in [0.2, 0.25) is 0 Å². The van der Waals surface area contributed by atoms with E-state index in [9.17, 15) is 9.90 Å². The van der Waals surface area contributed by atoms with Crippen molar-refractivity contribution in [2.75, 3.05) is 18.0 Å². The summed E-state index contributed by atoms with van der Waals surface area (Å²) in [5.74, 6) is 1.34. The van der Waals surface area contributed by atoms with Crippen molar-refractivity contribution < 1.29 is 5.11 Å². The molecule has 2 aromatic heterocycles. The second-order valence-corrected chi connectivity index (χ2v) is 4.70. The van der Waals surface area contributed by atoms with Crippen molar-refractivity contribution in [3.05, 3.63) is 40.4 Å². The first-order valence-corrected chi connectivity index (χ1v) is 6.09. The minimum atomic E-state index is -0.253. The third-order valence-corrected chi connectivity index (χ3v) is 3.08. The SMILES string of the molecule is Cc1cc(=O)[nH]c(-c2ccc(N3CC(O)C3)nc2)n1. The molecule has 1 aliphatic rings. The second-order valence-electron chi connectivity index (χ2n) is 4.70. The Bertz CT molecular complexity index is 644. The summed E-state index contributed by atoms with van der Waals surface area (Å²) in [4.78, 5) is 24.7. The van der Waals surface area contributed by atoms with Crippen LogP contribution >= 0.6 is 0 Å². The van der Waals surface area contributed by atoms with Gasteiger partial charge in [0.25, 0.3) is 5.56 Å². The fourth-order valence-corrected chi connectivity index (χ4v) is 2.07. The number of aryl methyl sites for hydroxylation is 1. The van der Waals surface area contributed by atoms with Gasteiger partial charge in [-0.3, -0.25) is 4.79 Å². The number of aliphatic hydroxyl groups excluding tert-OH is 1. The van der Waals surface area contributed by atoms with E-state index in [-0.39, 0.29) is 11.7 Å². The highest BCUT2D eigenvalue weighted by Crippen LogP contribution is 2.21. The number of β-amino-alcohol motifs (C(OH)–C–C–N with tert-alkyl or cyclic N) is 1. The van der Waals surface area contributed by atoms with Crippen molar-refractivity contribution in [3.8, 4) is 11.4 Å². The molecular weight excluding hydrogens is 244 g/mol. The molecule has 0 unspecified atom stereocenters.